The van der Waals surface area contributed by atoms with Crippen molar-refractivity contribution in [1.82, 2.24) is 10.2 Å². The molecule has 0 radical (unpaired) electrons. The maximum atomic E-state index is 12.5. The topological polar surface area (TPSA) is 57.1 Å². The van der Waals surface area contributed by atoms with Crippen molar-refractivity contribution in [2.75, 3.05) is 32.8 Å². The van der Waals surface area contributed by atoms with Crippen molar-refractivity contribution in [1.29, 1.82) is 0 Å². The molecule has 2 rings (SSSR count). The SMILES string of the molecule is CCNC(=NCC(O)COc1ccc(C(F)(F)F)cc1)N1CCCC1.I. The zero-order valence-electron chi connectivity index (χ0n) is 14.6. The number of hydrogen-bond acceptors (Lipinski definition) is 3. The smallest absolute Gasteiger partial charge is 0.416 e. The molecule has 1 aromatic rings. The lowest BCUT2D eigenvalue weighted by atomic mass is 10.2. The summed E-state index contributed by atoms with van der Waals surface area (Å²) in [6, 6.07) is 4.40. The Hall–Kier alpha value is -1.23. The van der Waals surface area contributed by atoms with Gasteiger partial charge in [-0.3, -0.25) is 4.99 Å². The number of halogens is 4. The van der Waals surface area contributed by atoms with E-state index in [1.54, 1.807) is 0 Å². The highest BCUT2D eigenvalue weighted by atomic mass is 127. The first-order chi connectivity index (χ1) is 11.9. The van der Waals surface area contributed by atoms with Crippen molar-refractivity contribution in [3.05, 3.63) is 29.8 Å². The van der Waals surface area contributed by atoms with Crippen LogP contribution in [0, 0.1) is 0 Å². The van der Waals surface area contributed by atoms with Crippen LogP contribution in [0.1, 0.15) is 25.3 Å². The molecule has 0 bridgehead atoms. The van der Waals surface area contributed by atoms with Gasteiger partial charge in [-0.15, -0.1) is 24.0 Å². The second kappa shape index (κ2) is 10.8. The van der Waals surface area contributed by atoms with E-state index in [9.17, 15) is 18.3 Å². The lowest BCUT2D eigenvalue weighted by Crippen LogP contribution is -2.40. The van der Waals surface area contributed by atoms with Crippen LogP contribution in [0.2, 0.25) is 0 Å². The quantitative estimate of drug-likeness (QED) is 0.368. The van der Waals surface area contributed by atoms with Crippen LogP contribution >= 0.6 is 24.0 Å². The second-order valence-corrected chi connectivity index (χ2v) is 5.88. The highest BCUT2D eigenvalue weighted by Crippen LogP contribution is 2.30. The molecule has 0 aromatic heterocycles. The zero-order chi connectivity index (χ0) is 18.3. The number of guanidine groups is 1. The Labute approximate surface area is 168 Å². The first kappa shape index (κ1) is 22.8. The zero-order valence-corrected chi connectivity index (χ0v) is 17.0. The molecule has 0 saturated carbocycles. The summed E-state index contributed by atoms with van der Waals surface area (Å²) in [5.74, 6) is 1.05. The van der Waals surface area contributed by atoms with Gasteiger partial charge in [0, 0.05) is 19.6 Å². The fraction of sp³-hybridized carbons (Fsp3) is 0.588. The van der Waals surface area contributed by atoms with Gasteiger partial charge >= 0.3 is 6.18 Å². The van der Waals surface area contributed by atoms with Crippen LogP contribution in [0.5, 0.6) is 5.75 Å². The molecule has 9 heteroatoms. The van der Waals surface area contributed by atoms with Crippen LogP contribution in [0.25, 0.3) is 0 Å². The van der Waals surface area contributed by atoms with E-state index >= 15 is 0 Å². The molecule has 1 aliphatic heterocycles. The van der Waals surface area contributed by atoms with E-state index in [0.29, 0.717) is 0 Å². The normalized spacial score (nSPS) is 16.2. The predicted molar refractivity (Wildman–Crippen MR) is 105 cm³/mol. The molecule has 0 spiro atoms. The standard InChI is InChI=1S/C17H24F3N3O2.HI/c1-2-21-16(23-9-3-4-10-23)22-11-14(24)12-25-15-7-5-13(6-8-15)17(18,19)20;/h5-8,14,24H,2-4,9-12H2,1H3,(H,21,22);1H. The summed E-state index contributed by atoms with van der Waals surface area (Å²) in [6.45, 7) is 4.75. The van der Waals surface area contributed by atoms with Crippen molar-refractivity contribution in [2.45, 2.75) is 32.0 Å². The van der Waals surface area contributed by atoms with E-state index in [-0.39, 0.29) is 42.9 Å². The van der Waals surface area contributed by atoms with E-state index in [4.69, 9.17) is 4.74 Å². The van der Waals surface area contributed by atoms with Crippen molar-refractivity contribution < 1.29 is 23.0 Å². The Morgan fingerprint density at radius 1 is 1.27 bits per heavy atom. The number of benzene rings is 1. The molecule has 1 heterocycles. The van der Waals surface area contributed by atoms with Gasteiger partial charge in [-0.25, -0.2) is 0 Å². The van der Waals surface area contributed by atoms with Gasteiger partial charge in [0.2, 0.25) is 0 Å². The molecule has 1 aromatic carbocycles. The number of rotatable bonds is 6. The third-order valence-corrected chi connectivity index (χ3v) is 3.82. The molecule has 1 fully saturated rings. The van der Waals surface area contributed by atoms with Crippen molar-refractivity contribution in [3.63, 3.8) is 0 Å². The molecule has 26 heavy (non-hydrogen) atoms. The van der Waals surface area contributed by atoms with Gasteiger partial charge in [0.15, 0.2) is 5.96 Å². The number of ether oxygens (including phenoxy) is 1. The maximum Gasteiger partial charge on any atom is 0.416 e. The second-order valence-electron chi connectivity index (χ2n) is 5.88. The van der Waals surface area contributed by atoms with Gasteiger partial charge in [-0.05, 0) is 44.0 Å². The monoisotopic (exact) mass is 487 g/mol. The number of likely N-dealkylation sites (tertiary alicyclic amines) is 1. The minimum atomic E-state index is -4.37. The Kier molecular flexibility index (Phi) is 9.48. The number of alkyl halides is 3. The number of hydrogen-bond donors (Lipinski definition) is 2. The molecule has 1 aliphatic rings. The average molecular weight is 487 g/mol. The summed E-state index contributed by atoms with van der Waals surface area (Å²) in [5, 5.41) is 13.2. The molecule has 148 valence electrons. The Morgan fingerprint density at radius 2 is 1.88 bits per heavy atom. The number of nitrogens with zero attached hydrogens (tertiary/aromatic N) is 2. The molecule has 1 saturated heterocycles. The van der Waals surface area contributed by atoms with Gasteiger partial charge in [-0.1, -0.05) is 0 Å². The van der Waals surface area contributed by atoms with Crippen LogP contribution < -0.4 is 10.1 Å². The van der Waals surface area contributed by atoms with Gasteiger partial charge in [0.1, 0.15) is 18.5 Å². The fourth-order valence-electron chi connectivity index (χ4n) is 2.53. The maximum absolute atomic E-state index is 12.5. The Morgan fingerprint density at radius 3 is 2.42 bits per heavy atom. The summed E-state index contributed by atoms with van der Waals surface area (Å²) in [7, 11) is 0. The van der Waals surface area contributed by atoms with Crippen molar-refractivity contribution in [2.24, 2.45) is 4.99 Å². The van der Waals surface area contributed by atoms with E-state index < -0.39 is 17.8 Å². The number of aliphatic hydroxyl groups is 1. The Bertz CT molecular complexity index is 561. The lowest BCUT2D eigenvalue weighted by Gasteiger charge is -2.21. The average Bonchev–Trinajstić information content (AvgIpc) is 3.10. The highest BCUT2D eigenvalue weighted by Gasteiger charge is 2.30. The molecular formula is C17H25F3IN3O2. The molecule has 0 aliphatic carbocycles. The van der Waals surface area contributed by atoms with Crippen molar-refractivity contribution in [3.8, 4) is 5.75 Å². The molecule has 0 amide bonds. The van der Waals surface area contributed by atoms with E-state index in [1.165, 1.54) is 12.1 Å². The summed E-state index contributed by atoms with van der Waals surface area (Å²) >= 11 is 0. The first-order valence-corrected chi connectivity index (χ1v) is 8.41. The van der Waals surface area contributed by atoms with Crippen LogP contribution in [0.15, 0.2) is 29.3 Å². The van der Waals surface area contributed by atoms with E-state index in [2.05, 4.69) is 15.2 Å². The van der Waals surface area contributed by atoms with Crippen molar-refractivity contribution >= 4 is 29.9 Å². The van der Waals surface area contributed by atoms with Gasteiger partial charge < -0.3 is 20.1 Å². The lowest BCUT2D eigenvalue weighted by molar-refractivity contribution is -0.137. The predicted octanol–water partition coefficient (Wildman–Crippen LogP) is 3.12. The van der Waals surface area contributed by atoms with E-state index in [0.717, 1.165) is 50.6 Å². The minimum Gasteiger partial charge on any atom is -0.491 e. The third kappa shape index (κ3) is 7.18. The third-order valence-electron chi connectivity index (χ3n) is 3.82. The van der Waals surface area contributed by atoms with Gasteiger partial charge in [-0.2, -0.15) is 13.2 Å². The largest absolute Gasteiger partial charge is 0.491 e. The number of aliphatic hydroxyl groups excluding tert-OH is 1. The summed E-state index contributed by atoms with van der Waals surface area (Å²) < 4.78 is 42.8. The minimum absolute atomic E-state index is 0. The number of aliphatic imine (C=N–C) groups is 1. The molecular weight excluding hydrogens is 462 g/mol. The number of nitrogens with one attached hydrogen (secondary N) is 1. The summed E-state index contributed by atoms with van der Waals surface area (Å²) in [4.78, 5) is 6.55. The van der Waals surface area contributed by atoms with Gasteiger partial charge in [0.25, 0.3) is 0 Å². The molecule has 5 nitrogen and oxygen atoms in total. The fourth-order valence-corrected chi connectivity index (χ4v) is 2.53. The molecule has 1 unspecified atom stereocenters. The summed E-state index contributed by atoms with van der Waals surface area (Å²) in [6.07, 6.45) is -2.95. The Balaban J connectivity index is 0.00000338. The molecule has 2 N–H and O–H groups in total. The van der Waals surface area contributed by atoms with Crippen LogP contribution in [0.4, 0.5) is 13.2 Å². The molecule has 1 atom stereocenters. The van der Waals surface area contributed by atoms with Crippen LogP contribution in [-0.4, -0.2) is 54.9 Å². The summed E-state index contributed by atoms with van der Waals surface area (Å²) in [5.41, 5.74) is -0.731. The van der Waals surface area contributed by atoms with Gasteiger partial charge in [0.05, 0.1) is 12.1 Å². The first-order valence-electron chi connectivity index (χ1n) is 8.41. The van der Waals surface area contributed by atoms with E-state index in [1.807, 2.05) is 6.92 Å². The highest BCUT2D eigenvalue weighted by molar-refractivity contribution is 14.0. The van der Waals surface area contributed by atoms with Crippen LogP contribution in [-0.2, 0) is 6.18 Å². The van der Waals surface area contributed by atoms with Crippen LogP contribution in [0.3, 0.4) is 0 Å².